The quantitative estimate of drug-likeness (QED) is 0.732. The van der Waals surface area contributed by atoms with Crippen LogP contribution in [0.1, 0.15) is 0 Å². The van der Waals surface area contributed by atoms with Crippen LogP contribution in [0.3, 0.4) is 0 Å². The second-order valence-electron chi connectivity index (χ2n) is 4.52. The lowest BCUT2D eigenvalue weighted by molar-refractivity contribution is 0.414. The molecule has 0 aliphatic heterocycles. The number of benzene rings is 2. The number of aromatic nitrogens is 2. The van der Waals surface area contributed by atoms with Gasteiger partial charge in [0.1, 0.15) is 5.75 Å². The Morgan fingerprint density at radius 3 is 2.38 bits per heavy atom. The summed E-state index contributed by atoms with van der Waals surface area (Å²) in [6.45, 7) is 0. The van der Waals surface area contributed by atoms with Crippen LogP contribution in [-0.4, -0.2) is 24.3 Å². The van der Waals surface area contributed by atoms with E-state index in [4.69, 9.17) is 9.26 Å². The van der Waals surface area contributed by atoms with Crippen LogP contribution < -0.4 is 9.64 Å². The van der Waals surface area contributed by atoms with Crippen LogP contribution in [0.4, 0.5) is 11.7 Å². The maximum Gasteiger partial charge on any atom is 0.328 e. The Balaban J connectivity index is 1.85. The zero-order valence-corrected chi connectivity index (χ0v) is 11.9. The summed E-state index contributed by atoms with van der Waals surface area (Å²) in [4.78, 5) is 6.27. The van der Waals surface area contributed by atoms with Crippen LogP contribution >= 0.6 is 0 Å². The van der Waals surface area contributed by atoms with E-state index in [-0.39, 0.29) is 0 Å². The number of rotatable bonds is 4. The van der Waals surface area contributed by atoms with E-state index < -0.39 is 0 Å². The van der Waals surface area contributed by atoms with Crippen molar-refractivity contribution in [3.8, 4) is 17.1 Å². The second-order valence-corrected chi connectivity index (χ2v) is 4.52. The monoisotopic (exact) mass is 281 g/mol. The van der Waals surface area contributed by atoms with E-state index in [1.165, 1.54) is 0 Å². The molecular weight excluding hydrogens is 266 g/mol. The third kappa shape index (κ3) is 2.72. The highest BCUT2D eigenvalue weighted by Gasteiger charge is 2.13. The van der Waals surface area contributed by atoms with Gasteiger partial charge in [-0.15, -0.1) is 0 Å². The normalized spacial score (nSPS) is 10.4. The van der Waals surface area contributed by atoms with Crippen molar-refractivity contribution in [1.82, 2.24) is 10.1 Å². The van der Waals surface area contributed by atoms with Gasteiger partial charge in [-0.25, -0.2) is 0 Å². The van der Waals surface area contributed by atoms with E-state index in [9.17, 15) is 0 Å². The summed E-state index contributed by atoms with van der Waals surface area (Å²) >= 11 is 0. The fraction of sp³-hybridized carbons (Fsp3) is 0.125. The molecule has 0 fully saturated rings. The van der Waals surface area contributed by atoms with Gasteiger partial charge in [0.05, 0.1) is 7.11 Å². The van der Waals surface area contributed by atoms with Crippen molar-refractivity contribution in [2.24, 2.45) is 0 Å². The molecule has 3 aromatic rings. The molecule has 0 unspecified atom stereocenters. The minimum atomic E-state index is 0.451. The smallest absolute Gasteiger partial charge is 0.328 e. The van der Waals surface area contributed by atoms with Gasteiger partial charge in [0.15, 0.2) is 0 Å². The molecule has 1 heterocycles. The van der Waals surface area contributed by atoms with Crippen molar-refractivity contribution < 1.29 is 9.26 Å². The van der Waals surface area contributed by atoms with E-state index in [1.807, 2.05) is 66.5 Å². The number of hydrogen-bond acceptors (Lipinski definition) is 5. The van der Waals surface area contributed by atoms with Gasteiger partial charge in [-0.2, -0.15) is 4.98 Å². The number of nitrogens with zero attached hydrogens (tertiary/aromatic N) is 3. The molecule has 2 aromatic carbocycles. The van der Waals surface area contributed by atoms with Gasteiger partial charge in [-0.1, -0.05) is 23.4 Å². The van der Waals surface area contributed by atoms with Crippen molar-refractivity contribution in [3.63, 3.8) is 0 Å². The molecule has 0 atom stereocenters. The van der Waals surface area contributed by atoms with E-state index >= 15 is 0 Å². The van der Waals surface area contributed by atoms with Gasteiger partial charge in [0.25, 0.3) is 0 Å². The number of para-hydroxylation sites is 1. The lowest BCUT2D eigenvalue weighted by Crippen LogP contribution is -2.09. The highest BCUT2D eigenvalue weighted by molar-refractivity contribution is 5.60. The predicted molar refractivity (Wildman–Crippen MR) is 80.8 cm³/mol. The highest BCUT2D eigenvalue weighted by Crippen LogP contribution is 2.25. The SMILES string of the molecule is COc1ccc(-c2noc(N(C)c3ccccc3)n2)cc1. The summed E-state index contributed by atoms with van der Waals surface area (Å²) in [6, 6.07) is 17.8. The van der Waals surface area contributed by atoms with Crippen LogP contribution in [0.25, 0.3) is 11.4 Å². The topological polar surface area (TPSA) is 51.4 Å². The standard InChI is InChI=1S/C16H15N3O2/c1-19(13-6-4-3-5-7-13)16-17-15(18-21-16)12-8-10-14(20-2)11-9-12/h3-11H,1-2H3. The molecule has 0 aliphatic carbocycles. The molecule has 3 rings (SSSR count). The summed E-state index contributed by atoms with van der Waals surface area (Å²) in [5.41, 5.74) is 1.87. The van der Waals surface area contributed by atoms with Crippen LogP contribution in [0, 0.1) is 0 Å². The van der Waals surface area contributed by atoms with Gasteiger partial charge in [0.2, 0.25) is 5.82 Å². The van der Waals surface area contributed by atoms with Gasteiger partial charge in [0, 0.05) is 18.3 Å². The Bertz CT molecular complexity index is 708. The molecule has 5 heteroatoms. The fourth-order valence-electron chi connectivity index (χ4n) is 1.97. The lowest BCUT2D eigenvalue weighted by Gasteiger charge is -2.12. The van der Waals surface area contributed by atoms with Crippen molar-refractivity contribution in [2.45, 2.75) is 0 Å². The Morgan fingerprint density at radius 1 is 1.00 bits per heavy atom. The molecule has 0 saturated heterocycles. The molecule has 106 valence electrons. The number of anilines is 2. The van der Waals surface area contributed by atoms with Gasteiger partial charge in [-0.05, 0) is 36.4 Å². The molecule has 0 radical (unpaired) electrons. The van der Waals surface area contributed by atoms with Crippen molar-refractivity contribution in [3.05, 3.63) is 54.6 Å². The number of methoxy groups -OCH3 is 1. The highest BCUT2D eigenvalue weighted by atomic mass is 16.5. The zero-order chi connectivity index (χ0) is 14.7. The summed E-state index contributed by atoms with van der Waals surface area (Å²) in [5, 5.41) is 4.02. The average molecular weight is 281 g/mol. The second kappa shape index (κ2) is 5.66. The van der Waals surface area contributed by atoms with Crippen LogP contribution in [0.15, 0.2) is 59.1 Å². The summed E-state index contributed by atoms with van der Waals surface area (Å²) in [7, 11) is 3.52. The van der Waals surface area contributed by atoms with Crippen LogP contribution in [0.2, 0.25) is 0 Å². The molecule has 0 saturated carbocycles. The molecular formula is C16H15N3O2. The minimum Gasteiger partial charge on any atom is -0.497 e. The van der Waals surface area contributed by atoms with Crippen LogP contribution in [-0.2, 0) is 0 Å². The maximum atomic E-state index is 5.33. The van der Waals surface area contributed by atoms with Gasteiger partial charge < -0.3 is 9.26 Å². The molecule has 0 aliphatic rings. The van der Waals surface area contributed by atoms with E-state index in [0.717, 1.165) is 17.0 Å². The van der Waals surface area contributed by atoms with E-state index in [1.54, 1.807) is 7.11 Å². The third-order valence-corrected chi connectivity index (χ3v) is 3.19. The minimum absolute atomic E-state index is 0.451. The van der Waals surface area contributed by atoms with E-state index in [0.29, 0.717) is 11.8 Å². The predicted octanol–water partition coefficient (Wildman–Crippen LogP) is 3.51. The largest absolute Gasteiger partial charge is 0.497 e. The first kappa shape index (κ1) is 13.2. The molecule has 0 bridgehead atoms. The fourth-order valence-corrected chi connectivity index (χ4v) is 1.97. The summed E-state index contributed by atoms with van der Waals surface area (Å²) < 4.78 is 10.5. The Hall–Kier alpha value is -2.82. The van der Waals surface area contributed by atoms with E-state index in [2.05, 4.69) is 10.1 Å². The Morgan fingerprint density at radius 2 is 1.71 bits per heavy atom. The van der Waals surface area contributed by atoms with Crippen molar-refractivity contribution >= 4 is 11.7 Å². The first-order chi connectivity index (χ1) is 10.3. The molecule has 5 nitrogen and oxygen atoms in total. The van der Waals surface area contributed by atoms with Crippen molar-refractivity contribution in [1.29, 1.82) is 0 Å². The number of hydrogen-bond donors (Lipinski definition) is 0. The molecule has 0 spiro atoms. The average Bonchev–Trinajstić information content (AvgIpc) is 3.05. The Labute approximate surface area is 122 Å². The number of ether oxygens (including phenoxy) is 1. The van der Waals surface area contributed by atoms with Crippen molar-refractivity contribution in [2.75, 3.05) is 19.1 Å². The maximum absolute atomic E-state index is 5.33. The van der Waals surface area contributed by atoms with Crippen LogP contribution in [0.5, 0.6) is 5.75 Å². The summed E-state index contributed by atoms with van der Waals surface area (Å²) in [5.74, 6) is 1.35. The molecule has 1 aromatic heterocycles. The zero-order valence-electron chi connectivity index (χ0n) is 11.9. The summed E-state index contributed by atoms with van der Waals surface area (Å²) in [6.07, 6.45) is 0. The first-order valence-corrected chi connectivity index (χ1v) is 6.55. The lowest BCUT2D eigenvalue weighted by atomic mass is 10.2. The molecule has 0 amide bonds. The Kier molecular flexibility index (Phi) is 3.55. The van der Waals surface area contributed by atoms with Gasteiger partial charge >= 0.3 is 6.01 Å². The first-order valence-electron chi connectivity index (χ1n) is 6.55. The third-order valence-electron chi connectivity index (χ3n) is 3.19. The molecule has 0 N–H and O–H groups in total. The molecule has 21 heavy (non-hydrogen) atoms. The van der Waals surface area contributed by atoms with Gasteiger partial charge in [-0.3, -0.25) is 4.90 Å².